The number of hydrogen-bond donors (Lipinski definition) is 1. The van der Waals surface area contributed by atoms with Crippen LogP contribution < -0.4 is 5.73 Å². The van der Waals surface area contributed by atoms with Gasteiger partial charge in [-0.1, -0.05) is 6.92 Å². The third kappa shape index (κ3) is 9.73. The molecule has 4 atom stereocenters. The van der Waals surface area contributed by atoms with Gasteiger partial charge in [0.15, 0.2) is 12.6 Å². The van der Waals surface area contributed by atoms with Gasteiger partial charge in [-0.25, -0.2) is 0 Å². The van der Waals surface area contributed by atoms with Crippen LogP contribution in [0.25, 0.3) is 0 Å². The maximum absolute atomic E-state index is 6.19. The molecule has 0 spiro atoms. The lowest BCUT2D eigenvalue weighted by Gasteiger charge is -2.35. The van der Waals surface area contributed by atoms with Crippen LogP contribution >= 0.6 is 0 Å². The zero-order chi connectivity index (χ0) is 17.9. The molecule has 0 aliphatic rings. The topological polar surface area (TPSA) is 81.4 Å². The summed E-state index contributed by atoms with van der Waals surface area (Å²) in [7, 11) is 0.667. The molecule has 23 heavy (non-hydrogen) atoms. The summed E-state index contributed by atoms with van der Waals surface area (Å²) < 4.78 is 33.9. The standard InChI is InChI=1S/C15H35NO6Si/c1-8-23(11-9-10-16,21-14(4)19-12(2)17-6)22-15(5)20-13(3)18-7/h12-15H,8-11,16H2,1-7H3. The molecule has 0 bridgehead atoms. The summed E-state index contributed by atoms with van der Waals surface area (Å²) in [6.45, 7) is 9.99. The van der Waals surface area contributed by atoms with E-state index in [9.17, 15) is 0 Å². The van der Waals surface area contributed by atoms with Crippen molar-refractivity contribution >= 4 is 8.56 Å². The van der Waals surface area contributed by atoms with E-state index in [0.717, 1.165) is 18.5 Å². The highest BCUT2D eigenvalue weighted by Gasteiger charge is 2.39. The van der Waals surface area contributed by atoms with E-state index in [0.29, 0.717) is 6.54 Å². The zero-order valence-corrected chi connectivity index (χ0v) is 16.7. The first-order valence-corrected chi connectivity index (χ1v) is 10.5. The number of rotatable bonds is 14. The minimum Gasteiger partial charge on any atom is -0.367 e. The lowest BCUT2D eigenvalue weighted by atomic mass is 10.5. The summed E-state index contributed by atoms with van der Waals surface area (Å²) in [6, 6.07) is 1.56. The SMILES string of the molecule is CC[Si](CCCN)(OC(C)OC(C)OC)OC(C)OC(C)OC. The molecule has 0 heterocycles. The third-order valence-electron chi connectivity index (χ3n) is 3.49. The molecule has 0 aromatic rings. The second-order valence-electron chi connectivity index (χ2n) is 5.41. The first-order valence-electron chi connectivity index (χ1n) is 8.24. The number of methoxy groups -OCH3 is 2. The molecule has 7 nitrogen and oxygen atoms in total. The Morgan fingerprint density at radius 3 is 1.57 bits per heavy atom. The summed E-state index contributed by atoms with van der Waals surface area (Å²) in [5, 5.41) is 0. The summed E-state index contributed by atoms with van der Waals surface area (Å²) >= 11 is 0. The molecule has 0 saturated carbocycles. The number of nitrogens with two attached hydrogens (primary N) is 1. The van der Waals surface area contributed by atoms with Gasteiger partial charge in [-0.3, -0.25) is 0 Å². The van der Waals surface area contributed by atoms with E-state index in [4.69, 9.17) is 33.5 Å². The predicted molar refractivity (Wildman–Crippen MR) is 90.9 cm³/mol. The Kier molecular flexibility index (Phi) is 12.3. The van der Waals surface area contributed by atoms with Crippen molar-refractivity contribution in [1.29, 1.82) is 0 Å². The maximum Gasteiger partial charge on any atom is 0.341 e. The molecule has 0 aromatic carbocycles. The first-order chi connectivity index (χ1) is 10.8. The van der Waals surface area contributed by atoms with Gasteiger partial charge in [-0.2, -0.15) is 0 Å². The summed E-state index contributed by atoms with van der Waals surface area (Å²) in [5.41, 5.74) is 5.67. The molecule has 140 valence electrons. The Labute approximate surface area is 141 Å². The van der Waals surface area contributed by atoms with Crippen molar-refractivity contribution in [2.45, 2.75) is 78.3 Å². The Hall–Kier alpha value is -0.0631. The van der Waals surface area contributed by atoms with E-state index < -0.39 is 21.1 Å². The lowest BCUT2D eigenvalue weighted by molar-refractivity contribution is -0.221. The van der Waals surface area contributed by atoms with E-state index in [-0.39, 0.29) is 12.6 Å². The van der Waals surface area contributed by atoms with Crippen LogP contribution in [0.5, 0.6) is 0 Å². The van der Waals surface area contributed by atoms with Gasteiger partial charge >= 0.3 is 8.56 Å². The van der Waals surface area contributed by atoms with Gasteiger partial charge in [0, 0.05) is 14.2 Å². The fourth-order valence-electron chi connectivity index (χ4n) is 2.17. The normalized spacial score (nSPS) is 19.8. The third-order valence-corrected chi connectivity index (χ3v) is 7.21. The van der Waals surface area contributed by atoms with E-state index in [2.05, 4.69) is 6.92 Å². The second-order valence-corrected chi connectivity index (χ2v) is 8.91. The van der Waals surface area contributed by atoms with Crippen molar-refractivity contribution in [2.24, 2.45) is 5.73 Å². The highest BCUT2D eigenvalue weighted by atomic mass is 28.4. The van der Waals surface area contributed by atoms with Crippen molar-refractivity contribution in [3.05, 3.63) is 0 Å². The summed E-state index contributed by atoms with van der Waals surface area (Å²) in [4.78, 5) is 0. The van der Waals surface area contributed by atoms with Gasteiger partial charge in [0.1, 0.15) is 12.6 Å². The average Bonchev–Trinajstić information content (AvgIpc) is 2.51. The zero-order valence-electron chi connectivity index (χ0n) is 15.7. The van der Waals surface area contributed by atoms with Crippen molar-refractivity contribution in [1.82, 2.24) is 0 Å². The van der Waals surface area contributed by atoms with Crippen LogP contribution in [-0.4, -0.2) is 54.5 Å². The Balaban J connectivity index is 4.85. The van der Waals surface area contributed by atoms with Crippen LogP contribution in [0.3, 0.4) is 0 Å². The molecule has 8 heteroatoms. The quantitative estimate of drug-likeness (QED) is 0.379. The fourth-order valence-corrected chi connectivity index (χ4v) is 5.21. The number of ether oxygens (including phenoxy) is 4. The van der Waals surface area contributed by atoms with Gasteiger partial charge in [-0.15, -0.1) is 0 Å². The largest absolute Gasteiger partial charge is 0.367 e. The second kappa shape index (κ2) is 12.3. The molecular formula is C15H35NO6Si. The highest BCUT2D eigenvalue weighted by Crippen LogP contribution is 2.25. The van der Waals surface area contributed by atoms with E-state index >= 15 is 0 Å². The van der Waals surface area contributed by atoms with E-state index in [1.165, 1.54) is 0 Å². The monoisotopic (exact) mass is 353 g/mol. The van der Waals surface area contributed by atoms with Gasteiger partial charge in [0.05, 0.1) is 0 Å². The molecular weight excluding hydrogens is 318 g/mol. The molecule has 0 rings (SSSR count). The van der Waals surface area contributed by atoms with Crippen LogP contribution in [0.1, 0.15) is 41.0 Å². The molecule has 0 radical (unpaired) electrons. The van der Waals surface area contributed by atoms with Crippen molar-refractivity contribution in [3.63, 3.8) is 0 Å². The molecule has 0 fully saturated rings. The predicted octanol–water partition coefficient (Wildman–Crippen LogP) is 2.54. The van der Waals surface area contributed by atoms with Crippen molar-refractivity contribution in [3.8, 4) is 0 Å². The first kappa shape index (κ1) is 22.9. The number of hydrogen-bond acceptors (Lipinski definition) is 7. The average molecular weight is 354 g/mol. The molecule has 2 N–H and O–H groups in total. The van der Waals surface area contributed by atoms with E-state index in [1.807, 2.05) is 27.7 Å². The highest BCUT2D eigenvalue weighted by molar-refractivity contribution is 6.67. The van der Waals surface area contributed by atoms with Crippen LogP contribution in [-0.2, 0) is 27.8 Å². The fraction of sp³-hybridized carbons (Fsp3) is 1.00. The molecule has 0 amide bonds. The smallest absolute Gasteiger partial charge is 0.341 e. The molecule has 0 aliphatic carbocycles. The van der Waals surface area contributed by atoms with Gasteiger partial charge in [0.2, 0.25) is 0 Å². The lowest BCUT2D eigenvalue weighted by Crippen LogP contribution is -2.48. The minimum absolute atomic E-state index is 0.342. The minimum atomic E-state index is -2.52. The Bertz CT molecular complexity index is 277. The summed E-state index contributed by atoms with van der Waals surface area (Å²) in [5.74, 6) is 0. The van der Waals surface area contributed by atoms with Crippen molar-refractivity contribution in [2.75, 3.05) is 20.8 Å². The van der Waals surface area contributed by atoms with Crippen LogP contribution in [0.4, 0.5) is 0 Å². The Morgan fingerprint density at radius 2 is 1.26 bits per heavy atom. The molecule has 4 unspecified atom stereocenters. The van der Waals surface area contributed by atoms with Crippen molar-refractivity contribution < 1.29 is 27.8 Å². The molecule has 0 aliphatic heterocycles. The van der Waals surface area contributed by atoms with Crippen LogP contribution in [0.2, 0.25) is 12.1 Å². The molecule has 0 aromatic heterocycles. The van der Waals surface area contributed by atoms with Crippen LogP contribution in [0, 0.1) is 0 Å². The van der Waals surface area contributed by atoms with Gasteiger partial charge in [0.25, 0.3) is 0 Å². The summed E-state index contributed by atoms with van der Waals surface area (Å²) in [6.07, 6.45) is -0.711. The van der Waals surface area contributed by atoms with E-state index in [1.54, 1.807) is 14.2 Å². The van der Waals surface area contributed by atoms with Gasteiger partial charge < -0.3 is 33.5 Å². The van der Waals surface area contributed by atoms with Gasteiger partial charge in [-0.05, 0) is 52.7 Å². The Morgan fingerprint density at radius 1 is 0.826 bits per heavy atom. The van der Waals surface area contributed by atoms with Crippen LogP contribution in [0.15, 0.2) is 0 Å². The molecule has 0 saturated heterocycles. The maximum atomic E-state index is 6.19.